The van der Waals surface area contributed by atoms with Crippen molar-refractivity contribution in [2.45, 2.75) is 39.8 Å². The van der Waals surface area contributed by atoms with Crippen molar-refractivity contribution in [3.05, 3.63) is 39.4 Å². The Morgan fingerprint density at radius 3 is 2.60 bits per heavy atom. The van der Waals surface area contributed by atoms with E-state index in [0.717, 1.165) is 5.56 Å². The summed E-state index contributed by atoms with van der Waals surface area (Å²) in [5, 5.41) is 13.5. The average Bonchev–Trinajstić information content (AvgIpc) is 2.34. The molecule has 0 saturated carbocycles. The van der Waals surface area contributed by atoms with Crippen LogP contribution in [0.25, 0.3) is 0 Å². The van der Waals surface area contributed by atoms with Gasteiger partial charge >= 0.3 is 0 Å². The first-order valence-electron chi connectivity index (χ1n) is 6.34. The standard InChI is InChI=1S/C14H20N2O4/c1-10-11(6-5-7-12(10)16(18)19)8-15-13(17)9-20-14(2,3)4/h5-7H,8-9H2,1-4H3,(H,15,17). The molecule has 1 N–H and O–H groups in total. The van der Waals surface area contributed by atoms with E-state index in [1.54, 1.807) is 19.1 Å². The van der Waals surface area contributed by atoms with Gasteiger partial charge in [0, 0.05) is 18.2 Å². The second-order valence-corrected chi connectivity index (χ2v) is 5.50. The number of nitro groups is 1. The Kier molecular flexibility index (Phi) is 5.21. The first-order chi connectivity index (χ1) is 9.20. The van der Waals surface area contributed by atoms with Gasteiger partial charge in [0.15, 0.2) is 0 Å². The van der Waals surface area contributed by atoms with E-state index < -0.39 is 4.92 Å². The van der Waals surface area contributed by atoms with Gasteiger partial charge in [0.1, 0.15) is 6.61 Å². The monoisotopic (exact) mass is 280 g/mol. The molecule has 6 heteroatoms. The molecule has 0 aliphatic carbocycles. The molecule has 0 saturated heterocycles. The van der Waals surface area contributed by atoms with Gasteiger partial charge in [-0.15, -0.1) is 0 Å². The topological polar surface area (TPSA) is 81.5 Å². The highest BCUT2D eigenvalue weighted by molar-refractivity contribution is 5.77. The zero-order chi connectivity index (χ0) is 15.3. The van der Waals surface area contributed by atoms with Crippen LogP contribution in [0.2, 0.25) is 0 Å². The Hall–Kier alpha value is -1.95. The lowest BCUT2D eigenvalue weighted by atomic mass is 10.1. The van der Waals surface area contributed by atoms with Crippen LogP contribution in [-0.2, 0) is 16.1 Å². The molecule has 1 aromatic rings. The van der Waals surface area contributed by atoms with Crippen molar-refractivity contribution in [1.29, 1.82) is 0 Å². The molecule has 1 rings (SSSR count). The number of nitro benzene ring substituents is 1. The quantitative estimate of drug-likeness (QED) is 0.663. The fourth-order valence-corrected chi connectivity index (χ4v) is 1.59. The highest BCUT2D eigenvalue weighted by atomic mass is 16.6. The highest BCUT2D eigenvalue weighted by Gasteiger charge is 2.15. The predicted molar refractivity (Wildman–Crippen MR) is 75.4 cm³/mol. The number of carbonyl (C=O) groups excluding carboxylic acids is 1. The van der Waals surface area contributed by atoms with Gasteiger partial charge in [-0.05, 0) is 33.3 Å². The molecule has 0 aliphatic rings. The molecule has 0 radical (unpaired) electrons. The van der Waals surface area contributed by atoms with Crippen LogP contribution in [0.1, 0.15) is 31.9 Å². The third kappa shape index (κ3) is 4.97. The van der Waals surface area contributed by atoms with Crippen molar-refractivity contribution < 1.29 is 14.5 Å². The lowest BCUT2D eigenvalue weighted by Gasteiger charge is -2.19. The minimum absolute atomic E-state index is 0.0303. The van der Waals surface area contributed by atoms with Crippen molar-refractivity contribution in [1.82, 2.24) is 5.32 Å². The van der Waals surface area contributed by atoms with E-state index >= 15 is 0 Å². The second kappa shape index (κ2) is 6.47. The maximum absolute atomic E-state index is 11.6. The van der Waals surface area contributed by atoms with Crippen LogP contribution in [0, 0.1) is 17.0 Å². The van der Waals surface area contributed by atoms with Crippen LogP contribution in [0.15, 0.2) is 18.2 Å². The Balaban J connectivity index is 2.60. The van der Waals surface area contributed by atoms with Gasteiger partial charge in [0.05, 0.1) is 10.5 Å². The summed E-state index contributed by atoms with van der Waals surface area (Å²) >= 11 is 0. The molecule has 0 heterocycles. The van der Waals surface area contributed by atoms with Crippen molar-refractivity contribution in [2.75, 3.05) is 6.61 Å². The smallest absolute Gasteiger partial charge is 0.272 e. The van der Waals surface area contributed by atoms with E-state index in [-0.39, 0.29) is 30.3 Å². The summed E-state index contributed by atoms with van der Waals surface area (Å²) in [6.45, 7) is 7.49. The van der Waals surface area contributed by atoms with Crippen LogP contribution < -0.4 is 5.32 Å². The number of rotatable bonds is 5. The molecule has 110 valence electrons. The van der Waals surface area contributed by atoms with E-state index in [2.05, 4.69) is 5.32 Å². The molecule has 20 heavy (non-hydrogen) atoms. The number of amides is 1. The minimum Gasteiger partial charge on any atom is -0.366 e. The zero-order valence-corrected chi connectivity index (χ0v) is 12.2. The molecule has 0 bridgehead atoms. The van der Waals surface area contributed by atoms with E-state index in [9.17, 15) is 14.9 Å². The summed E-state index contributed by atoms with van der Waals surface area (Å²) in [6, 6.07) is 4.81. The molecule has 1 amide bonds. The second-order valence-electron chi connectivity index (χ2n) is 5.50. The minimum atomic E-state index is -0.427. The third-order valence-electron chi connectivity index (χ3n) is 2.73. The average molecular weight is 280 g/mol. The van der Waals surface area contributed by atoms with Crippen molar-refractivity contribution in [3.63, 3.8) is 0 Å². The number of hydrogen-bond donors (Lipinski definition) is 1. The maximum Gasteiger partial charge on any atom is 0.272 e. The van der Waals surface area contributed by atoms with Crippen molar-refractivity contribution in [3.8, 4) is 0 Å². The lowest BCUT2D eigenvalue weighted by molar-refractivity contribution is -0.385. The van der Waals surface area contributed by atoms with Gasteiger partial charge in [0.2, 0.25) is 5.91 Å². The number of nitrogens with one attached hydrogen (secondary N) is 1. The summed E-state index contributed by atoms with van der Waals surface area (Å²) in [7, 11) is 0. The summed E-state index contributed by atoms with van der Waals surface area (Å²) in [5.41, 5.74) is 0.972. The summed E-state index contributed by atoms with van der Waals surface area (Å²) < 4.78 is 5.35. The molecule has 0 unspecified atom stereocenters. The zero-order valence-electron chi connectivity index (χ0n) is 12.2. The SMILES string of the molecule is Cc1c(CNC(=O)COC(C)(C)C)cccc1[N+](=O)[O-]. The Labute approximate surface area is 118 Å². The number of hydrogen-bond acceptors (Lipinski definition) is 4. The fourth-order valence-electron chi connectivity index (χ4n) is 1.59. The summed E-state index contributed by atoms with van der Waals surface area (Å²) in [6.07, 6.45) is 0. The van der Waals surface area contributed by atoms with Gasteiger partial charge in [-0.25, -0.2) is 0 Å². The fraction of sp³-hybridized carbons (Fsp3) is 0.500. The number of ether oxygens (including phenoxy) is 1. The number of carbonyl (C=O) groups is 1. The normalized spacial score (nSPS) is 11.2. The predicted octanol–water partition coefficient (Wildman–Crippen LogP) is 2.33. The van der Waals surface area contributed by atoms with Crippen LogP contribution in [0.5, 0.6) is 0 Å². The molecule has 0 fully saturated rings. The Bertz CT molecular complexity index is 506. The Morgan fingerprint density at radius 2 is 2.05 bits per heavy atom. The van der Waals surface area contributed by atoms with Gasteiger partial charge in [-0.1, -0.05) is 12.1 Å². The van der Waals surface area contributed by atoms with E-state index in [1.807, 2.05) is 20.8 Å². The summed E-state index contributed by atoms with van der Waals surface area (Å²) in [5.74, 6) is -0.245. The van der Waals surface area contributed by atoms with E-state index in [0.29, 0.717) is 5.56 Å². The molecular weight excluding hydrogens is 260 g/mol. The lowest BCUT2D eigenvalue weighted by Crippen LogP contribution is -2.31. The molecule has 1 aromatic carbocycles. The maximum atomic E-state index is 11.6. The first-order valence-corrected chi connectivity index (χ1v) is 6.34. The number of benzene rings is 1. The first kappa shape index (κ1) is 16.1. The largest absolute Gasteiger partial charge is 0.366 e. The molecule has 0 aromatic heterocycles. The highest BCUT2D eigenvalue weighted by Crippen LogP contribution is 2.20. The molecule has 6 nitrogen and oxygen atoms in total. The molecule has 0 atom stereocenters. The Morgan fingerprint density at radius 1 is 1.40 bits per heavy atom. The van der Waals surface area contributed by atoms with Crippen molar-refractivity contribution >= 4 is 11.6 Å². The third-order valence-corrected chi connectivity index (χ3v) is 2.73. The van der Waals surface area contributed by atoms with Gasteiger partial charge in [-0.2, -0.15) is 0 Å². The van der Waals surface area contributed by atoms with Crippen LogP contribution >= 0.6 is 0 Å². The van der Waals surface area contributed by atoms with Crippen LogP contribution in [0.3, 0.4) is 0 Å². The van der Waals surface area contributed by atoms with Gasteiger partial charge in [0.25, 0.3) is 5.69 Å². The van der Waals surface area contributed by atoms with Gasteiger partial charge < -0.3 is 10.1 Å². The molecular formula is C14H20N2O4. The van der Waals surface area contributed by atoms with Gasteiger partial charge in [-0.3, -0.25) is 14.9 Å². The van der Waals surface area contributed by atoms with Crippen molar-refractivity contribution in [2.24, 2.45) is 0 Å². The molecule has 0 aliphatic heterocycles. The van der Waals surface area contributed by atoms with Crippen LogP contribution in [0.4, 0.5) is 5.69 Å². The molecule has 0 spiro atoms. The summed E-state index contributed by atoms with van der Waals surface area (Å²) in [4.78, 5) is 22.0. The number of nitrogens with zero attached hydrogens (tertiary/aromatic N) is 1. The van der Waals surface area contributed by atoms with Crippen LogP contribution in [-0.4, -0.2) is 23.0 Å². The van der Waals surface area contributed by atoms with E-state index in [4.69, 9.17) is 4.74 Å². The van der Waals surface area contributed by atoms with E-state index in [1.165, 1.54) is 6.07 Å².